The SMILES string of the molecule is CN(C)C(=O)CC1CN(c2ccc(C(F)(F)F)c(-c3[nH]nc4ncccc34)n2)CCN1. The van der Waals surface area contributed by atoms with Gasteiger partial charge in [0.15, 0.2) is 5.65 Å². The second kappa shape index (κ2) is 8.14. The minimum Gasteiger partial charge on any atom is -0.354 e. The molecule has 0 aliphatic carbocycles. The molecule has 2 N–H and O–H groups in total. The molecule has 0 radical (unpaired) electrons. The Hall–Kier alpha value is -3.21. The second-order valence-electron chi connectivity index (χ2n) is 7.63. The molecule has 3 aromatic heterocycles. The lowest BCUT2D eigenvalue weighted by Gasteiger charge is -2.35. The molecule has 1 aliphatic rings. The molecule has 8 nitrogen and oxygen atoms in total. The van der Waals surface area contributed by atoms with E-state index in [9.17, 15) is 18.0 Å². The van der Waals surface area contributed by atoms with Crippen molar-refractivity contribution in [2.75, 3.05) is 38.6 Å². The van der Waals surface area contributed by atoms with Crippen LogP contribution in [0, 0.1) is 0 Å². The third kappa shape index (κ3) is 4.31. The largest absolute Gasteiger partial charge is 0.418 e. The molecule has 0 spiro atoms. The predicted octanol–water partition coefficient (Wildman–Crippen LogP) is 2.30. The molecule has 4 rings (SSSR count). The lowest BCUT2D eigenvalue weighted by Crippen LogP contribution is -2.52. The number of nitrogens with one attached hydrogen (secondary N) is 2. The van der Waals surface area contributed by atoms with Crippen LogP contribution in [0.3, 0.4) is 0 Å². The highest BCUT2D eigenvalue weighted by molar-refractivity contribution is 5.90. The molecule has 11 heteroatoms. The van der Waals surface area contributed by atoms with Crippen molar-refractivity contribution in [3.8, 4) is 11.4 Å². The van der Waals surface area contributed by atoms with E-state index in [0.29, 0.717) is 42.9 Å². The summed E-state index contributed by atoms with van der Waals surface area (Å²) < 4.78 is 41.2. The standard InChI is InChI=1S/C20H22F3N7O/c1-29(2)16(31)10-12-11-30(9-8-24-12)15-6-5-14(20(21,22)23)18(26-15)17-13-4-3-7-25-19(13)28-27-17/h3-7,12,24H,8-11H2,1-2H3,(H,25,27,28). The van der Waals surface area contributed by atoms with E-state index in [-0.39, 0.29) is 23.3 Å². The van der Waals surface area contributed by atoms with Crippen molar-refractivity contribution in [1.82, 2.24) is 30.4 Å². The molecule has 1 fully saturated rings. The van der Waals surface area contributed by atoms with Crippen LogP contribution in [0.25, 0.3) is 22.4 Å². The Morgan fingerprint density at radius 3 is 2.84 bits per heavy atom. The van der Waals surface area contributed by atoms with Gasteiger partial charge in [0, 0.05) is 57.8 Å². The Morgan fingerprint density at radius 2 is 2.10 bits per heavy atom. The second-order valence-corrected chi connectivity index (χ2v) is 7.63. The van der Waals surface area contributed by atoms with Gasteiger partial charge in [-0.1, -0.05) is 0 Å². The van der Waals surface area contributed by atoms with Gasteiger partial charge in [0.05, 0.1) is 11.3 Å². The van der Waals surface area contributed by atoms with Crippen molar-refractivity contribution in [3.63, 3.8) is 0 Å². The number of H-pyrrole nitrogens is 1. The van der Waals surface area contributed by atoms with E-state index < -0.39 is 11.7 Å². The lowest BCUT2D eigenvalue weighted by molar-refractivity contribution is -0.137. The summed E-state index contributed by atoms with van der Waals surface area (Å²) in [6.07, 6.45) is -2.75. The smallest absolute Gasteiger partial charge is 0.354 e. The van der Waals surface area contributed by atoms with Crippen LogP contribution >= 0.6 is 0 Å². The first-order valence-electron chi connectivity index (χ1n) is 9.80. The summed E-state index contributed by atoms with van der Waals surface area (Å²) in [5, 5.41) is 10.4. The highest BCUT2D eigenvalue weighted by Crippen LogP contribution is 2.38. The van der Waals surface area contributed by atoms with E-state index in [1.54, 1.807) is 26.2 Å². The first kappa shape index (κ1) is 21.0. The average molecular weight is 433 g/mol. The minimum atomic E-state index is -4.58. The zero-order chi connectivity index (χ0) is 22.2. The monoisotopic (exact) mass is 433 g/mol. The van der Waals surface area contributed by atoms with Crippen molar-refractivity contribution in [2.24, 2.45) is 0 Å². The van der Waals surface area contributed by atoms with Gasteiger partial charge in [0.1, 0.15) is 11.5 Å². The van der Waals surface area contributed by atoms with Crippen molar-refractivity contribution < 1.29 is 18.0 Å². The van der Waals surface area contributed by atoms with Gasteiger partial charge < -0.3 is 15.1 Å². The normalized spacial score (nSPS) is 17.2. The van der Waals surface area contributed by atoms with Gasteiger partial charge in [0.2, 0.25) is 5.91 Å². The number of aromatic amines is 1. The zero-order valence-electron chi connectivity index (χ0n) is 17.1. The molecule has 1 amide bonds. The van der Waals surface area contributed by atoms with Crippen LogP contribution in [0.2, 0.25) is 0 Å². The number of nitrogens with zero attached hydrogens (tertiary/aromatic N) is 5. The van der Waals surface area contributed by atoms with Gasteiger partial charge in [-0.05, 0) is 24.3 Å². The van der Waals surface area contributed by atoms with Crippen LogP contribution < -0.4 is 10.2 Å². The summed E-state index contributed by atoms with van der Waals surface area (Å²) in [4.78, 5) is 23.9. The Morgan fingerprint density at radius 1 is 1.29 bits per heavy atom. The average Bonchev–Trinajstić information content (AvgIpc) is 3.17. The number of amides is 1. The molecule has 0 aromatic carbocycles. The predicted molar refractivity (Wildman–Crippen MR) is 109 cm³/mol. The highest BCUT2D eigenvalue weighted by Gasteiger charge is 2.36. The molecule has 1 unspecified atom stereocenters. The molecular formula is C20H22F3N7O. The molecule has 1 atom stereocenters. The third-order valence-electron chi connectivity index (χ3n) is 5.25. The fraction of sp³-hybridized carbons (Fsp3) is 0.400. The molecule has 0 bridgehead atoms. The first-order chi connectivity index (χ1) is 14.7. The van der Waals surface area contributed by atoms with Crippen LogP contribution in [0.15, 0.2) is 30.5 Å². The summed E-state index contributed by atoms with van der Waals surface area (Å²) in [5.74, 6) is 0.398. The number of rotatable bonds is 4. The van der Waals surface area contributed by atoms with Crippen LogP contribution in [0.1, 0.15) is 12.0 Å². The number of carbonyl (C=O) groups excluding carboxylic acids is 1. The maximum atomic E-state index is 13.7. The maximum absolute atomic E-state index is 13.7. The minimum absolute atomic E-state index is 0.0168. The van der Waals surface area contributed by atoms with Crippen molar-refractivity contribution in [3.05, 3.63) is 36.0 Å². The third-order valence-corrected chi connectivity index (χ3v) is 5.25. The van der Waals surface area contributed by atoms with Gasteiger partial charge in [-0.3, -0.25) is 9.89 Å². The Balaban J connectivity index is 1.70. The van der Waals surface area contributed by atoms with Gasteiger partial charge >= 0.3 is 6.18 Å². The van der Waals surface area contributed by atoms with E-state index in [1.807, 2.05) is 4.90 Å². The highest BCUT2D eigenvalue weighted by atomic mass is 19.4. The molecule has 1 saturated heterocycles. The molecule has 3 aromatic rings. The number of aromatic nitrogens is 4. The summed E-state index contributed by atoms with van der Waals surface area (Å²) in [7, 11) is 3.38. The molecular weight excluding hydrogens is 411 g/mol. The van der Waals surface area contributed by atoms with E-state index in [2.05, 4.69) is 25.5 Å². The Bertz CT molecular complexity index is 1100. The number of fused-ring (bicyclic) bond motifs is 1. The Labute approximate surface area is 176 Å². The summed E-state index contributed by atoms with van der Waals surface area (Å²) in [5.41, 5.74) is -0.575. The number of piperazine rings is 1. The van der Waals surface area contributed by atoms with Crippen LogP contribution in [-0.2, 0) is 11.0 Å². The molecule has 1 aliphatic heterocycles. The van der Waals surface area contributed by atoms with Gasteiger partial charge in [-0.25, -0.2) is 9.97 Å². The number of carbonyl (C=O) groups is 1. The molecule has 31 heavy (non-hydrogen) atoms. The number of anilines is 1. The van der Waals surface area contributed by atoms with Crippen molar-refractivity contribution in [2.45, 2.75) is 18.6 Å². The van der Waals surface area contributed by atoms with Crippen LogP contribution in [0.5, 0.6) is 0 Å². The van der Waals surface area contributed by atoms with E-state index >= 15 is 0 Å². The molecule has 164 valence electrons. The fourth-order valence-electron chi connectivity index (χ4n) is 3.64. The Kier molecular flexibility index (Phi) is 5.52. The first-order valence-corrected chi connectivity index (χ1v) is 9.80. The van der Waals surface area contributed by atoms with Gasteiger partial charge in [-0.2, -0.15) is 18.3 Å². The molecule has 0 saturated carbocycles. The maximum Gasteiger partial charge on any atom is 0.418 e. The lowest BCUT2D eigenvalue weighted by atomic mass is 10.1. The van der Waals surface area contributed by atoms with Crippen LogP contribution in [-0.4, -0.2) is 70.7 Å². The van der Waals surface area contributed by atoms with E-state index in [4.69, 9.17) is 0 Å². The van der Waals surface area contributed by atoms with E-state index in [1.165, 1.54) is 17.2 Å². The molecule has 4 heterocycles. The number of hydrogen-bond acceptors (Lipinski definition) is 6. The van der Waals surface area contributed by atoms with Gasteiger partial charge in [0.25, 0.3) is 0 Å². The number of hydrogen-bond donors (Lipinski definition) is 2. The zero-order valence-corrected chi connectivity index (χ0v) is 17.1. The van der Waals surface area contributed by atoms with Crippen LogP contribution in [0.4, 0.5) is 19.0 Å². The topological polar surface area (TPSA) is 90.0 Å². The quantitative estimate of drug-likeness (QED) is 0.656. The van der Waals surface area contributed by atoms with Gasteiger partial charge in [-0.15, -0.1) is 0 Å². The summed E-state index contributed by atoms with van der Waals surface area (Å²) in [6, 6.07) is 5.60. The van der Waals surface area contributed by atoms with E-state index in [0.717, 1.165) is 6.07 Å². The number of pyridine rings is 2. The van der Waals surface area contributed by atoms with Crippen molar-refractivity contribution >= 4 is 22.8 Å². The number of halogens is 3. The summed E-state index contributed by atoms with van der Waals surface area (Å²) >= 11 is 0. The summed E-state index contributed by atoms with van der Waals surface area (Å²) in [6.45, 7) is 1.62. The fourth-order valence-corrected chi connectivity index (χ4v) is 3.64. The van der Waals surface area contributed by atoms with Crippen molar-refractivity contribution in [1.29, 1.82) is 0 Å². The number of alkyl halides is 3.